The maximum atomic E-state index is 12.9. The molecule has 0 radical (unpaired) electrons. The first-order valence-corrected chi connectivity index (χ1v) is 10.1. The molecule has 1 aromatic rings. The molecule has 1 aliphatic carbocycles. The van der Waals surface area contributed by atoms with Crippen molar-refractivity contribution in [2.45, 2.75) is 57.5 Å². The molecule has 1 heterocycles. The van der Waals surface area contributed by atoms with Crippen molar-refractivity contribution in [3.63, 3.8) is 0 Å². The second kappa shape index (κ2) is 9.83. The molecule has 6 heteroatoms. The first-order chi connectivity index (χ1) is 13.1. The molecule has 1 saturated heterocycles. The van der Waals surface area contributed by atoms with Crippen LogP contribution in [-0.2, 0) is 16.1 Å². The molecule has 0 atom stereocenters. The number of likely N-dealkylation sites (tertiary alicyclic amines) is 1. The Morgan fingerprint density at radius 2 is 1.67 bits per heavy atom. The summed E-state index contributed by atoms with van der Waals surface area (Å²) in [6, 6.07) is 6.52. The molecule has 1 saturated carbocycles. The quantitative estimate of drug-likeness (QED) is 0.803. The number of piperidine rings is 1. The summed E-state index contributed by atoms with van der Waals surface area (Å²) >= 11 is 0. The van der Waals surface area contributed by atoms with E-state index in [1.165, 1.54) is 31.4 Å². The van der Waals surface area contributed by atoms with Gasteiger partial charge in [0.25, 0.3) is 0 Å². The molecule has 0 spiro atoms. The third-order valence-corrected chi connectivity index (χ3v) is 5.68. The summed E-state index contributed by atoms with van der Waals surface area (Å²) in [5.41, 5.74) is 0.890. The molecule has 3 rings (SSSR count). The van der Waals surface area contributed by atoms with Crippen LogP contribution >= 0.6 is 0 Å². The Kier molecular flexibility index (Phi) is 7.21. The van der Waals surface area contributed by atoms with Crippen LogP contribution in [0, 0.1) is 11.7 Å². The lowest BCUT2D eigenvalue weighted by atomic mass is 9.95. The summed E-state index contributed by atoms with van der Waals surface area (Å²) in [6.07, 6.45) is 7.44. The Morgan fingerprint density at radius 3 is 2.33 bits per heavy atom. The zero-order valence-corrected chi connectivity index (χ0v) is 15.9. The van der Waals surface area contributed by atoms with Gasteiger partial charge < -0.3 is 10.6 Å². The van der Waals surface area contributed by atoms with Crippen LogP contribution < -0.4 is 10.6 Å². The number of nitrogens with one attached hydrogen (secondary N) is 2. The summed E-state index contributed by atoms with van der Waals surface area (Å²) in [4.78, 5) is 26.7. The van der Waals surface area contributed by atoms with Crippen molar-refractivity contribution in [1.82, 2.24) is 15.5 Å². The van der Waals surface area contributed by atoms with Crippen LogP contribution in [0.5, 0.6) is 0 Å². The highest BCUT2D eigenvalue weighted by atomic mass is 19.1. The van der Waals surface area contributed by atoms with Crippen molar-refractivity contribution >= 4 is 11.8 Å². The SMILES string of the molecule is O=C(CN1CCC(C(=O)NCc2ccc(F)cc2)CC1)NC1CCCCC1. The van der Waals surface area contributed by atoms with E-state index >= 15 is 0 Å². The lowest BCUT2D eigenvalue weighted by molar-refractivity contribution is -0.127. The fraction of sp³-hybridized carbons (Fsp3) is 0.619. The number of rotatable bonds is 6. The Morgan fingerprint density at radius 1 is 1.00 bits per heavy atom. The van der Waals surface area contributed by atoms with Crippen molar-refractivity contribution < 1.29 is 14.0 Å². The van der Waals surface area contributed by atoms with Crippen LogP contribution in [0.15, 0.2) is 24.3 Å². The average molecular weight is 375 g/mol. The van der Waals surface area contributed by atoms with Gasteiger partial charge in [0, 0.05) is 18.5 Å². The maximum Gasteiger partial charge on any atom is 0.234 e. The largest absolute Gasteiger partial charge is 0.352 e. The number of hydrogen-bond acceptors (Lipinski definition) is 3. The second-order valence-electron chi connectivity index (χ2n) is 7.80. The number of carbonyl (C=O) groups excluding carboxylic acids is 2. The molecule has 2 aliphatic rings. The lowest BCUT2D eigenvalue weighted by Gasteiger charge is -2.31. The van der Waals surface area contributed by atoms with E-state index in [2.05, 4.69) is 15.5 Å². The molecule has 1 aromatic carbocycles. The van der Waals surface area contributed by atoms with E-state index in [4.69, 9.17) is 0 Å². The zero-order chi connectivity index (χ0) is 19.1. The van der Waals surface area contributed by atoms with Crippen molar-refractivity contribution in [2.75, 3.05) is 19.6 Å². The van der Waals surface area contributed by atoms with Crippen LogP contribution in [0.25, 0.3) is 0 Å². The zero-order valence-electron chi connectivity index (χ0n) is 15.9. The maximum absolute atomic E-state index is 12.9. The van der Waals surface area contributed by atoms with Crippen LogP contribution in [-0.4, -0.2) is 42.4 Å². The van der Waals surface area contributed by atoms with Gasteiger partial charge in [-0.2, -0.15) is 0 Å². The molecule has 1 aliphatic heterocycles. The molecule has 5 nitrogen and oxygen atoms in total. The van der Waals surface area contributed by atoms with Gasteiger partial charge in [-0.25, -0.2) is 4.39 Å². The smallest absolute Gasteiger partial charge is 0.234 e. The van der Waals surface area contributed by atoms with Gasteiger partial charge in [-0.15, -0.1) is 0 Å². The first-order valence-electron chi connectivity index (χ1n) is 10.1. The van der Waals surface area contributed by atoms with Crippen molar-refractivity contribution in [2.24, 2.45) is 5.92 Å². The number of hydrogen-bond donors (Lipinski definition) is 2. The van der Waals surface area contributed by atoms with E-state index in [1.807, 2.05) is 0 Å². The lowest BCUT2D eigenvalue weighted by Crippen LogP contribution is -2.46. The predicted molar refractivity (Wildman–Crippen MR) is 102 cm³/mol. The molecule has 2 amide bonds. The highest BCUT2D eigenvalue weighted by molar-refractivity contribution is 5.79. The molecule has 148 valence electrons. The van der Waals surface area contributed by atoms with Gasteiger partial charge in [-0.05, 0) is 56.5 Å². The number of benzene rings is 1. The Bertz CT molecular complexity index is 621. The van der Waals surface area contributed by atoms with Gasteiger partial charge >= 0.3 is 0 Å². The minimum Gasteiger partial charge on any atom is -0.352 e. The number of nitrogens with zero attached hydrogens (tertiary/aromatic N) is 1. The highest BCUT2D eigenvalue weighted by Crippen LogP contribution is 2.19. The molecule has 0 bridgehead atoms. The number of carbonyl (C=O) groups is 2. The minimum atomic E-state index is -0.273. The van der Waals surface area contributed by atoms with Crippen LogP contribution in [0.2, 0.25) is 0 Å². The van der Waals surface area contributed by atoms with Gasteiger partial charge in [0.05, 0.1) is 6.54 Å². The molecule has 0 aromatic heterocycles. The van der Waals surface area contributed by atoms with E-state index in [1.54, 1.807) is 12.1 Å². The summed E-state index contributed by atoms with van der Waals surface area (Å²) in [7, 11) is 0. The molecule has 2 N–H and O–H groups in total. The van der Waals surface area contributed by atoms with Crippen molar-refractivity contribution in [1.29, 1.82) is 0 Å². The van der Waals surface area contributed by atoms with E-state index in [9.17, 15) is 14.0 Å². The minimum absolute atomic E-state index is 0.0110. The molecular weight excluding hydrogens is 345 g/mol. The molecular formula is C21H30FN3O2. The molecule has 27 heavy (non-hydrogen) atoms. The van der Waals surface area contributed by atoms with Crippen molar-refractivity contribution in [3.8, 4) is 0 Å². The fourth-order valence-corrected chi connectivity index (χ4v) is 4.01. The van der Waals surface area contributed by atoms with Gasteiger partial charge in [0.1, 0.15) is 5.82 Å². The third-order valence-electron chi connectivity index (χ3n) is 5.68. The first kappa shape index (κ1) is 19.8. The average Bonchev–Trinajstić information content (AvgIpc) is 2.68. The van der Waals surface area contributed by atoms with Gasteiger partial charge in [0.15, 0.2) is 0 Å². The molecule has 0 unspecified atom stereocenters. The highest BCUT2D eigenvalue weighted by Gasteiger charge is 2.26. The predicted octanol–water partition coefficient (Wildman–Crippen LogP) is 2.60. The summed E-state index contributed by atoms with van der Waals surface area (Å²) < 4.78 is 12.9. The van der Waals surface area contributed by atoms with E-state index in [0.29, 0.717) is 19.1 Å². The van der Waals surface area contributed by atoms with Gasteiger partial charge in [0.2, 0.25) is 11.8 Å². The second-order valence-corrected chi connectivity index (χ2v) is 7.80. The van der Waals surface area contributed by atoms with Crippen LogP contribution in [0.1, 0.15) is 50.5 Å². The van der Waals surface area contributed by atoms with E-state index in [-0.39, 0.29) is 23.5 Å². The number of halogens is 1. The molecule has 2 fully saturated rings. The summed E-state index contributed by atoms with van der Waals surface area (Å²) in [5, 5.41) is 6.09. The standard InChI is InChI=1S/C21H30FN3O2/c22-18-8-6-16(7-9-18)14-23-21(27)17-10-12-25(13-11-17)15-20(26)24-19-4-2-1-3-5-19/h6-9,17,19H,1-5,10-15H2,(H,23,27)(H,24,26). The van der Waals surface area contributed by atoms with Gasteiger partial charge in [-0.3, -0.25) is 14.5 Å². The Hall–Kier alpha value is -1.95. The fourth-order valence-electron chi connectivity index (χ4n) is 4.01. The van der Waals surface area contributed by atoms with Crippen molar-refractivity contribution in [3.05, 3.63) is 35.6 Å². The monoisotopic (exact) mass is 375 g/mol. The summed E-state index contributed by atoms with van der Waals surface area (Å²) in [6.45, 7) is 2.39. The third kappa shape index (κ3) is 6.31. The Labute approximate surface area is 160 Å². The summed E-state index contributed by atoms with van der Waals surface area (Å²) in [5.74, 6) is -0.125. The topological polar surface area (TPSA) is 61.4 Å². The van der Waals surface area contributed by atoms with E-state index in [0.717, 1.165) is 44.3 Å². The normalized spacial score (nSPS) is 19.6. The number of amides is 2. The van der Waals surface area contributed by atoms with Crippen LogP contribution in [0.4, 0.5) is 4.39 Å². The van der Waals surface area contributed by atoms with Gasteiger partial charge in [-0.1, -0.05) is 31.4 Å². The van der Waals surface area contributed by atoms with E-state index < -0.39 is 0 Å². The Balaban J connectivity index is 1.34. The van der Waals surface area contributed by atoms with Crippen LogP contribution in [0.3, 0.4) is 0 Å².